The molecule has 6 heteroatoms. The predicted octanol–water partition coefficient (Wildman–Crippen LogP) is 1.87. The van der Waals surface area contributed by atoms with Gasteiger partial charge in [0.2, 0.25) is 5.91 Å². The number of methoxy groups -OCH3 is 1. The number of halogens is 1. The van der Waals surface area contributed by atoms with Gasteiger partial charge in [-0.1, -0.05) is 0 Å². The first-order valence-electron chi connectivity index (χ1n) is 9.11. The van der Waals surface area contributed by atoms with Crippen LogP contribution in [0.5, 0.6) is 5.75 Å². The Morgan fingerprint density at radius 1 is 1.28 bits per heavy atom. The second kappa shape index (κ2) is 8.15. The summed E-state index contributed by atoms with van der Waals surface area (Å²) in [6.07, 6.45) is 2.48. The summed E-state index contributed by atoms with van der Waals surface area (Å²) < 4.78 is 18.8. The molecule has 1 aromatic carbocycles. The van der Waals surface area contributed by atoms with Crippen LogP contribution in [0.15, 0.2) is 18.2 Å². The maximum atomic E-state index is 13.5. The monoisotopic (exact) mass is 349 g/mol. The lowest BCUT2D eigenvalue weighted by Crippen LogP contribution is -2.50. The minimum Gasteiger partial charge on any atom is -0.496 e. The molecule has 0 aromatic heterocycles. The number of piperazine rings is 1. The fourth-order valence-electron chi connectivity index (χ4n) is 3.43. The molecule has 2 aliphatic rings. The quantitative estimate of drug-likeness (QED) is 0.816. The first kappa shape index (κ1) is 18.1. The van der Waals surface area contributed by atoms with Crippen LogP contribution in [0.1, 0.15) is 25.3 Å². The van der Waals surface area contributed by atoms with Crippen molar-refractivity contribution < 1.29 is 13.9 Å². The van der Waals surface area contributed by atoms with Crippen molar-refractivity contribution in [1.82, 2.24) is 15.1 Å². The van der Waals surface area contributed by atoms with E-state index in [0.717, 1.165) is 37.5 Å². The van der Waals surface area contributed by atoms with Gasteiger partial charge in [-0.3, -0.25) is 14.6 Å². The molecule has 25 heavy (non-hydrogen) atoms. The molecule has 1 aliphatic heterocycles. The smallest absolute Gasteiger partial charge is 0.234 e. The van der Waals surface area contributed by atoms with E-state index in [4.69, 9.17) is 4.74 Å². The topological polar surface area (TPSA) is 44.8 Å². The Hall–Kier alpha value is -1.66. The normalized spacial score (nSPS) is 20.3. The minimum absolute atomic E-state index is 0.125. The summed E-state index contributed by atoms with van der Waals surface area (Å²) in [6.45, 7) is 6.66. The molecule has 3 rings (SSSR count). The molecule has 1 atom stereocenters. The van der Waals surface area contributed by atoms with Crippen molar-refractivity contribution in [2.75, 3.05) is 39.8 Å². The molecule has 5 nitrogen and oxygen atoms in total. The van der Waals surface area contributed by atoms with Gasteiger partial charge < -0.3 is 10.1 Å². The lowest BCUT2D eigenvalue weighted by atomic mass is 10.1. The Bertz CT molecular complexity index is 598. The summed E-state index contributed by atoms with van der Waals surface area (Å²) in [5, 5.41) is 3.11. The van der Waals surface area contributed by atoms with Crippen molar-refractivity contribution in [2.45, 2.75) is 32.4 Å². The summed E-state index contributed by atoms with van der Waals surface area (Å²) in [6, 6.07) is 4.93. The molecule has 1 N–H and O–H groups in total. The van der Waals surface area contributed by atoms with E-state index in [2.05, 4.69) is 22.0 Å². The Kier molecular flexibility index (Phi) is 5.91. The van der Waals surface area contributed by atoms with Gasteiger partial charge in [-0.05, 0) is 43.9 Å². The van der Waals surface area contributed by atoms with Gasteiger partial charge in [0.1, 0.15) is 11.6 Å². The molecular weight excluding hydrogens is 321 g/mol. The molecule has 1 aromatic rings. The van der Waals surface area contributed by atoms with Crippen molar-refractivity contribution in [1.29, 1.82) is 0 Å². The summed E-state index contributed by atoms with van der Waals surface area (Å²) in [7, 11) is 1.61. The van der Waals surface area contributed by atoms with E-state index in [1.807, 2.05) is 0 Å². The van der Waals surface area contributed by atoms with Crippen molar-refractivity contribution in [3.05, 3.63) is 29.6 Å². The first-order valence-corrected chi connectivity index (χ1v) is 9.11. The largest absolute Gasteiger partial charge is 0.496 e. The van der Waals surface area contributed by atoms with Gasteiger partial charge >= 0.3 is 0 Å². The zero-order valence-corrected chi connectivity index (χ0v) is 15.1. The number of rotatable bonds is 7. The summed E-state index contributed by atoms with van der Waals surface area (Å²) >= 11 is 0. The highest BCUT2D eigenvalue weighted by molar-refractivity contribution is 5.78. The summed E-state index contributed by atoms with van der Waals surface area (Å²) in [4.78, 5) is 16.6. The molecule has 2 fully saturated rings. The molecule has 0 spiro atoms. The number of nitrogens with one attached hydrogen (secondary N) is 1. The van der Waals surface area contributed by atoms with Gasteiger partial charge in [0.05, 0.1) is 13.7 Å². The van der Waals surface area contributed by atoms with Crippen molar-refractivity contribution in [3.63, 3.8) is 0 Å². The van der Waals surface area contributed by atoms with Crippen LogP contribution < -0.4 is 10.1 Å². The second-order valence-electron chi connectivity index (χ2n) is 7.20. The number of nitrogens with zero attached hydrogens (tertiary/aromatic N) is 2. The maximum Gasteiger partial charge on any atom is 0.234 e. The average Bonchev–Trinajstić information content (AvgIpc) is 3.42. The predicted molar refractivity (Wildman–Crippen MR) is 95.0 cm³/mol. The van der Waals surface area contributed by atoms with Crippen LogP contribution in [0.4, 0.5) is 4.39 Å². The fourth-order valence-corrected chi connectivity index (χ4v) is 3.43. The van der Waals surface area contributed by atoms with Crippen molar-refractivity contribution in [3.8, 4) is 5.75 Å². The number of ether oxygens (including phenoxy) is 1. The Morgan fingerprint density at radius 3 is 2.60 bits per heavy atom. The van der Waals surface area contributed by atoms with Gasteiger partial charge in [-0.2, -0.15) is 0 Å². The van der Waals surface area contributed by atoms with E-state index in [-0.39, 0.29) is 11.7 Å². The molecule has 0 radical (unpaired) electrons. The molecule has 1 saturated heterocycles. The third kappa shape index (κ3) is 5.16. The number of hydrogen-bond donors (Lipinski definition) is 1. The summed E-state index contributed by atoms with van der Waals surface area (Å²) in [5.41, 5.74) is 0.868. The first-order chi connectivity index (χ1) is 12.0. The van der Waals surface area contributed by atoms with E-state index in [0.29, 0.717) is 25.0 Å². The van der Waals surface area contributed by atoms with Gasteiger partial charge in [-0.25, -0.2) is 4.39 Å². The average molecular weight is 349 g/mol. The highest BCUT2D eigenvalue weighted by atomic mass is 19.1. The van der Waals surface area contributed by atoms with E-state index in [9.17, 15) is 9.18 Å². The van der Waals surface area contributed by atoms with Crippen molar-refractivity contribution >= 4 is 5.91 Å². The molecule has 1 aliphatic carbocycles. The molecule has 0 unspecified atom stereocenters. The molecular formula is C19H28FN3O2. The number of hydrogen-bond acceptors (Lipinski definition) is 4. The lowest BCUT2D eigenvalue weighted by molar-refractivity contribution is -0.123. The van der Waals surface area contributed by atoms with Gasteiger partial charge in [-0.15, -0.1) is 0 Å². The van der Waals surface area contributed by atoms with E-state index >= 15 is 0 Å². The van der Waals surface area contributed by atoms with E-state index in [1.54, 1.807) is 13.2 Å². The molecule has 1 heterocycles. The van der Waals surface area contributed by atoms with Crippen LogP contribution in [-0.2, 0) is 11.3 Å². The zero-order chi connectivity index (χ0) is 17.8. The van der Waals surface area contributed by atoms with Crippen LogP contribution in [0.3, 0.4) is 0 Å². The molecule has 1 saturated carbocycles. The Morgan fingerprint density at radius 2 is 1.96 bits per heavy atom. The van der Waals surface area contributed by atoms with E-state index in [1.165, 1.54) is 25.0 Å². The van der Waals surface area contributed by atoms with Crippen molar-refractivity contribution in [2.24, 2.45) is 5.92 Å². The van der Waals surface area contributed by atoms with Gasteiger partial charge in [0, 0.05) is 44.3 Å². The Balaban J connectivity index is 1.44. The third-order valence-corrected chi connectivity index (χ3v) is 5.19. The molecule has 1 amide bonds. The van der Waals surface area contributed by atoms with Crippen LogP contribution >= 0.6 is 0 Å². The number of carbonyl (C=O) groups excluding carboxylic acids is 1. The van der Waals surface area contributed by atoms with Crippen LogP contribution in [0, 0.1) is 11.7 Å². The zero-order valence-electron chi connectivity index (χ0n) is 15.1. The highest BCUT2D eigenvalue weighted by Gasteiger charge is 2.29. The van der Waals surface area contributed by atoms with Gasteiger partial charge in [0.15, 0.2) is 0 Å². The third-order valence-electron chi connectivity index (χ3n) is 5.19. The van der Waals surface area contributed by atoms with Crippen LogP contribution in [0.25, 0.3) is 0 Å². The number of benzene rings is 1. The Labute approximate surface area is 149 Å². The highest BCUT2D eigenvalue weighted by Crippen LogP contribution is 2.32. The number of carbonyl (C=O) groups is 1. The minimum atomic E-state index is -0.240. The summed E-state index contributed by atoms with van der Waals surface area (Å²) in [5.74, 6) is 1.29. The standard InChI is InChI=1S/C19H28FN3O2/c1-14(15-3-4-15)21-19(24)13-23-9-7-22(8-10-23)12-16-11-17(20)5-6-18(16)25-2/h5-6,11,14-15H,3-4,7-10,12-13H2,1-2H3,(H,21,24)/t14-/m1/s1. The van der Waals surface area contributed by atoms with Crippen LogP contribution in [0.2, 0.25) is 0 Å². The van der Waals surface area contributed by atoms with Gasteiger partial charge in [0.25, 0.3) is 0 Å². The lowest BCUT2D eigenvalue weighted by Gasteiger charge is -2.34. The SMILES string of the molecule is COc1ccc(F)cc1CN1CCN(CC(=O)N[C@H](C)C2CC2)CC1. The van der Waals surface area contributed by atoms with E-state index < -0.39 is 0 Å². The van der Waals surface area contributed by atoms with Crippen LogP contribution in [-0.4, -0.2) is 61.6 Å². The second-order valence-corrected chi connectivity index (χ2v) is 7.20. The molecule has 0 bridgehead atoms. The molecule has 138 valence electrons. The number of amides is 1. The fraction of sp³-hybridized carbons (Fsp3) is 0.632. The maximum absolute atomic E-state index is 13.5.